The summed E-state index contributed by atoms with van der Waals surface area (Å²) in [4.78, 5) is 7.09. The maximum absolute atomic E-state index is 6.55. The van der Waals surface area contributed by atoms with Crippen LogP contribution in [0.3, 0.4) is 0 Å². The molecule has 0 saturated carbocycles. The van der Waals surface area contributed by atoms with Crippen LogP contribution < -0.4 is 4.90 Å². The standard InChI is InChI=1S/C47H30N2O2/c1-2-10-31(11-3-1)32-20-24-35(25-21-32)49(36-26-22-34(23-27-36)39-15-8-13-33-12-4-5-14-38(33)39)37-28-29-40-45(30-37)50-44-19-9-16-41(46(40)44)47-48-42-17-6-7-18-43(42)51-47/h1-30H. The molecule has 0 radical (unpaired) electrons. The maximum Gasteiger partial charge on any atom is 0.228 e. The van der Waals surface area contributed by atoms with E-state index in [9.17, 15) is 0 Å². The van der Waals surface area contributed by atoms with Crippen LogP contribution in [-0.4, -0.2) is 4.98 Å². The summed E-state index contributed by atoms with van der Waals surface area (Å²) in [7, 11) is 0. The van der Waals surface area contributed by atoms with Gasteiger partial charge in [-0.15, -0.1) is 0 Å². The summed E-state index contributed by atoms with van der Waals surface area (Å²) in [6, 6.07) is 63.5. The molecule has 0 saturated heterocycles. The van der Waals surface area contributed by atoms with E-state index < -0.39 is 0 Å². The van der Waals surface area contributed by atoms with Gasteiger partial charge in [0.1, 0.15) is 16.7 Å². The number of furan rings is 1. The Bertz CT molecular complexity index is 2810. The van der Waals surface area contributed by atoms with E-state index in [1.165, 1.54) is 33.0 Å². The van der Waals surface area contributed by atoms with Gasteiger partial charge in [0, 0.05) is 39.5 Å². The molecule has 2 heterocycles. The number of nitrogens with zero attached hydrogens (tertiary/aromatic N) is 2. The fraction of sp³-hybridized carbons (Fsp3) is 0. The Morgan fingerprint density at radius 2 is 1.02 bits per heavy atom. The molecule has 2 aromatic heterocycles. The molecule has 0 spiro atoms. The highest BCUT2D eigenvalue weighted by atomic mass is 16.3. The van der Waals surface area contributed by atoms with Gasteiger partial charge in [0.2, 0.25) is 5.89 Å². The first-order valence-electron chi connectivity index (χ1n) is 17.1. The van der Waals surface area contributed by atoms with E-state index in [4.69, 9.17) is 13.8 Å². The zero-order valence-corrected chi connectivity index (χ0v) is 27.5. The van der Waals surface area contributed by atoms with Gasteiger partial charge in [-0.2, -0.15) is 0 Å². The minimum Gasteiger partial charge on any atom is -0.456 e. The highest BCUT2D eigenvalue weighted by Gasteiger charge is 2.20. The van der Waals surface area contributed by atoms with Crippen molar-refractivity contribution in [3.8, 4) is 33.7 Å². The van der Waals surface area contributed by atoms with E-state index in [0.717, 1.165) is 55.7 Å². The van der Waals surface area contributed by atoms with Crippen molar-refractivity contribution in [2.24, 2.45) is 0 Å². The zero-order chi connectivity index (χ0) is 33.7. The Kier molecular flexibility index (Phi) is 6.78. The number of benzene rings is 8. The molecule has 10 aromatic rings. The summed E-state index contributed by atoms with van der Waals surface area (Å²) >= 11 is 0. The monoisotopic (exact) mass is 654 g/mol. The second-order valence-corrected chi connectivity index (χ2v) is 12.8. The normalized spacial score (nSPS) is 11.5. The molecule has 0 aliphatic rings. The largest absolute Gasteiger partial charge is 0.456 e. The summed E-state index contributed by atoms with van der Waals surface area (Å²) in [5.74, 6) is 0.583. The first-order valence-corrected chi connectivity index (χ1v) is 17.1. The van der Waals surface area contributed by atoms with Crippen molar-refractivity contribution in [3.05, 3.63) is 182 Å². The van der Waals surface area contributed by atoms with Crippen molar-refractivity contribution in [3.63, 3.8) is 0 Å². The average molecular weight is 655 g/mol. The number of para-hydroxylation sites is 2. The number of anilines is 3. The van der Waals surface area contributed by atoms with Crippen LogP contribution in [0, 0.1) is 0 Å². The molecule has 8 aromatic carbocycles. The molecular weight excluding hydrogens is 625 g/mol. The SMILES string of the molecule is c1ccc(-c2ccc(N(c3ccc(-c4cccc5ccccc45)cc3)c3ccc4c(c3)oc3cccc(-c5nc6ccccc6o5)c34)cc2)cc1. The molecule has 4 heteroatoms. The minimum atomic E-state index is 0.583. The summed E-state index contributed by atoms with van der Waals surface area (Å²) in [5, 5.41) is 4.48. The number of rotatable bonds is 6. The topological polar surface area (TPSA) is 42.4 Å². The third kappa shape index (κ3) is 5.04. The minimum absolute atomic E-state index is 0.583. The van der Waals surface area contributed by atoms with E-state index in [1.54, 1.807) is 0 Å². The van der Waals surface area contributed by atoms with Gasteiger partial charge in [-0.3, -0.25) is 0 Å². The van der Waals surface area contributed by atoms with E-state index in [2.05, 4.69) is 138 Å². The van der Waals surface area contributed by atoms with Crippen LogP contribution >= 0.6 is 0 Å². The van der Waals surface area contributed by atoms with Crippen LogP contribution in [0.4, 0.5) is 17.1 Å². The molecule has 51 heavy (non-hydrogen) atoms. The van der Waals surface area contributed by atoms with E-state index in [0.29, 0.717) is 5.89 Å². The third-order valence-electron chi connectivity index (χ3n) is 9.72. The summed E-state index contributed by atoms with van der Waals surface area (Å²) in [6.45, 7) is 0. The van der Waals surface area contributed by atoms with E-state index in [1.807, 2.05) is 48.5 Å². The van der Waals surface area contributed by atoms with Gasteiger partial charge in [0.25, 0.3) is 0 Å². The summed E-state index contributed by atoms with van der Waals surface area (Å²) in [5.41, 5.74) is 11.9. The van der Waals surface area contributed by atoms with E-state index >= 15 is 0 Å². The van der Waals surface area contributed by atoms with Crippen LogP contribution in [0.2, 0.25) is 0 Å². The van der Waals surface area contributed by atoms with Gasteiger partial charge in [-0.1, -0.05) is 115 Å². The highest BCUT2D eigenvalue weighted by Crippen LogP contribution is 2.42. The number of aromatic nitrogens is 1. The highest BCUT2D eigenvalue weighted by molar-refractivity contribution is 6.12. The molecular formula is C47H30N2O2. The number of hydrogen-bond acceptors (Lipinski definition) is 4. The lowest BCUT2D eigenvalue weighted by atomic mass is 9.98. The molecule has 0 N–H and O–H groups in total. The van der Waals surface area contributed by atoms with Crippen molar-refractivity contribution in [2.45, 2.75) is 0 Å². The smallest absolute Gasteiger partial charge is 0.228 e. The van der Waals surface area contributed by atoms with Crippen LogP contribution in [0.1, 0.15) is 0 Å². The number of fused-ring (bicyclic) bond motifs is 5. The van der Waals surface area contributed by atoms with Crippen molar-refractivity contribution in [1.29, 1.82) is 0 Å². The van der Waals surface area contributed by atoms with Gasteiger partial charge < -0.3 is 13.7 Å². The lowest BCUT2D eigenvalue weighted by Crippen LogP contribution is -2.09. The maximum atomic E-state index is 6.55. The fourth-order valence-corrected chi connectivity index (χ4v) is 7.27. The Morgan fingerprint density at radius 3 is 1.84 bits per heavy atom. The van der Waals surface area contributed by atoms with Crippen molar-refractivity contribution >= 4 is 60.9 Å². The molecule has 0 fully saturated rings. The fourth-order valence-electron chi connectivity index (χ4n) is 7.27. The first kappa shape index (κ1) is 29.0. The van der Waals surface area contributed by atoms with Gasteiger partial charge >= 0.3 is 0 Å². The predicted octanol–water partition coefficient (Wildman–Crippen LogP) is 13.4. The molecule has 0 atom stereocenters. The molecule has 0 unspecified atom stereocenters. The van der Waals surface area contributed by atoms with Crippen molar-refractivity contribution < 1.29 is 8.83 Å². The van der Waals surface area contributed by atoms with Gasteiger partial charge in [0.05, 0.1) is 0 Å². The second kappa shape index (κ2) is 11.9. The molecule has 0 aliphatic carbocycles. The molecule has 0 amide bonds. The Labute approximate surface area is 294 Å². The van der Waals surface area contributed by atoms with E-state index in [-0.39, 0.29) is 0 Å². The van der Waals surface area contributed by atoms with Gasteiger partial charge in [0.15, 0.2) is 5.58 Å². The van der Waals surface area contributed by atoms with Crippen LogP contribution in [0.25, 0.3) is 77.5 Å². The van der Waals surface area contributed by atoms with Crippen LogP contribution in [-0.2, 0) is 0 Å². The molecule has 10 rings (SSSR count). The van der Waals surface area contributed by atoms with Crippen molar-refractivity contribution in [2.75, 3.05) is 4.90 Å². The van der Waals surface area contributed by atoms with Crippen LogP contribution in [0.5, 0.6) is 0 Å². The quantitative estimate of drug-likeness (QED) is 0.179. The molecule has 0 aliphatic heterocycles. The lowest BCUT2D eigenvalue weighted by molar-refractivity contribution is 0.620. The van der Waals surface area contributed by atoms with Crippen LogP contribution in [0.15, 0.2) is 191 Å². The van der Waals surface area contributed by atoms with Gasteiger partial charge in [-0.05, 0) is 93.7 Å². The molecule has 0 bridgehead atoms. The molecule has 4 nitrogen and oxygen atoms in total. The number of oxazole rings is 1. The summed E-state index contributed by atoms with van der Waals surface area (Å²) in [6.07, 6.45) is 0. The number of hydrogen-bond donors (Lipinski definition) is 0. The Morgan fingerprint density at radius 1 is 0.392 bits per heavy atom. The lowest BCUT2D eigenvalue weighted by Gasteiger charge is -2.26. The second-order valence-electron chi connectivity index (χ2n) is 12.8. The Balaban J connectivity index is 1.10. The Hall–Kier alpha value is -6.91. The van der Waals surface area contributed by atoms with Gasteiger partial charge in [-0.25, -0.2) is 4.98 Å². The zero-order valence-electron chi connectivity index (χ0n) is 27.5. The van der Waals surface area contributed by atoms with Crippen molar-refractivity contribution in [1.82, 2.24) is 4.98 Å². The first-order chi connectivity index (χ1) is 25.3. The summed E-state index contributed by atoms with van der Waals surface area (Å²) < 4.78 is 12.8. The predicted molar refractivity (Wildman–Crippen MR) is 210 cm³/mol. The third-order valence-corrected chi connectivity index (χ3v) is 9.72. The average Bonchev–Trinajstić information content (AvgIpc) is 3.80. The molecule has 240 valence electrons.